The molecular formula is C11H9ClN2O2S. The van der Waals surface area contributed by atoms with Crippen LogP contribution in [0.5, 0.6) is 0 Å². The molecule has 0 bridgehead atoms. The highest BCUT2D eigenvalue weighted by Crippen LogP contribution is 2.17. The van der Waals surface area contributed by atoms with Crippen LogP contribution in [0.1, 0.15) is 0 Å². The fourth-order valence-electron chi connectivity index (χ4n) is 1.26. The van der Waals surface area contributed by atoms with E-state index in [1.54, 1.807) is 30.3 Å². The van der Waals surface area contributed by atoms with Gasteiger partial charge in [-0.25, -0.2) is 8.42 Å². The van der Waals surface area contributed by atoms with Crippen LogP contribution in [0.3, 0.4) is 0 Å². The van der Waals surface area contributed by atoms with Gasteiger partial charge in [0.15, 0.2) is 0 Å². The van der Waals surface area contributed by atoms with Crippen molar-refractivity contribution in [3.63, 3.8) is 0 Å². The number of benzene rings is 1. The predicted molar refractivity (Wildman–Crippen MR) is 66.5 cm³/mol. The minimum Gasteiger partial charge on any atom is -0.280 e. The van der Waals surface area contributed by atoms with Gasteiger partial charge in [-0.1, -0.05) is 29.8 Å². The maximum atomic E-state index is 11.9. The Balaban J connectivity index is 2.32. The fraction of sp³-hybridized carbons (Fsp3) is 0. The van der Waals surface area contributed by atoms with E-state index in [4.69, 9.17) is 11.6 Å². The number of rotatable bonds is 3. The van der Waals surface area contributed by atoms with Gasteiger partial charge in [0, 0.05) is 18.1 Å². The first-order valence-corrected chi connectivity index (χ1v) is 6.62. The molecule has 0 spiro atoms. The Morgan fingerprint density at radius 3 is 2.47 bits per heavy atom. The van der Waals surface area contributed by atoms with E-state index >= 15 is 0 Å². The van der Waals surface area contributed by atoms with Crippen molar-refractivity contribution in [1.82, 2.24) is 4.98 Å². The van der Waals surface area contributed by atoms with Gasteiger partial charge in [0.2, 0.25) is 0 Å². The molecular weight excluding hydrogens is 260 g/mol. The number of hydrogen-bond donors (Lipinski definition) is 1. The summed E-state index contributed by atoms with van der Waals surface area (Å²) in [4.78, 5) is 3.78. The van der Waals surface area contributed by atoms with Gasteiger partial charge >= 0.3 is 0 Å². The van der Waals surface area contributed by atoms with Crippen LogP contribution in [0, 0.1) is 0 Å². The van der Waals surface area contributed by atoms with Crippen molar-refractivity contribution in [2.75, 3.05) is 4.72 Å². The van der Waals surface area contributed by atoms with Crippen molar-refractivity contribution in [1.29, 1.82) is 0 Å². The van der Waals surface area contributed by atoms with Gasteiger partial charge < -0.3 is 0 Å². The third-order valence-corrected chi connectivity index (χ3v) is 3.57. The van der Waals surface area contributed by atoms with E-state index in [2.05, 4.69) is 9.71 Å². The normalized spacial score (nSPS) is 11.1. The molecule has 0 radical (unpaired) electrons. The molecule has 2 rings (SSSR count). The quantitative estimate of drug-likeness (QED) is 0.931. The summed E-state index contributed by atoms with van der Waals surface area (Å²) in [6.45, 7) is 0. The van der Waals surface area contributed by atoms with Gasteiger partial charge in [-0.3, -0.25) is 9.71 Å². The second-order valence-electron chi connectivity index (χ2n) is 3.31. The molecule has 0 fully saturated rings. The number of sulfonamides is 1. The lowest BCUT2D eigenvalue weighted by Gasteiger charge is -2.07. The Morgan fingerprint density at radius 1 is 1.12 bits per heavy atom. The van der Waals surface area contributed by atoms with Crippen molar-refractivity contribution in [3.05, 3.63) is 53.8 Å². The average molecular weight is 269 g/mol. The van der Waals surface area contributed by atoms with Crippen molar-refractivity contribution in [3.8, 4) is 0 Å². The lowest BCUT2D eigenvalue weighted by atomic mass is 10.3. The van der Waals surface area contributed by atoms with Crippen molar-refractivity contribution < 1.29 is 8.42 Å². The molecule has 88 valence electrons. The van der Waals surface area contributed by atoms with Crippen LogP contribution in [-0.4, -0.2) is 13.4 Å². The second kappa shape index (κ2) is 4.73. The number of nitrogens with zero attached hydrogens (tertiary/aromatic N) is 1. The van der Waals surface area contributed by atoms with E-state index in [1.165, 1.54) is 18.5 Å². The lowest BCUT2D eigenvalue weighted by molar-refractivity contribution is 0.601. The zero-order chi connectivity index (χ0) is 12.3. The van der Waals surface area contributed by atoms with Crippen LogP contribution in [0.2, 0.25) is 5.02 Å². The number of anilines is 1. The van der Waals surface area contributed by atoms with Crippen LogP contribution >= 0.6 is 11.6 Å². The molecule has 0 saturated carbocycles. The molecule has 17 heavy (non-hydrogen) atoms. The Bertz CT molecular complexity index is 614. The Morgan fingerprint density at radius 2 is 1.82 bits per heavy atom. The smallest absolute Gasteiger partial charge is 0.263 e. The number of para-hydroxylation sites is 1. The highest BCUT2D eigenvalue weighted by atomic mass is 35.5. The summed E-state index contributed by atoms with van der Waals surface area (Å²) in [5.41, 5.74) is 0.493. The molecule has 0 unspecified atom stereocenters. The van der Waals surface area contributed by atoms with Gasteiger partial charge in [-0.15, -0.1) is 0 Å². The van der Waals surface area contributed by atoms with Gasteiger partial charge in [0.05, 0.1) is 5.02 Å². The Labute approximate surface area is 104 Å². The molecule has 0 aliphatic heterocycles. The maximum Gasteiger partial charge on any atom is 0.263 e. The Hall–Kier alpha value is -1.59. The summed E-state index contributed by atoms with van der Waals surface area (Å²) in [5.74, 6) is 0. The van der Waals surface area contributed by atoms with Crippen LogP contribution < -0.4 is 4.72 Å². The molecule has 0 atom stereocenters. The van der Waals surface area contributed by atoms with Gasteiger partial charge in [-0.05, 0) is 18.2 Å². The van der Waals surface area contributed by atoms with E-state index in [0.29, 0.717) is 5.69 Å². The number of pyridine rings is 1. The standard InChI is InChI=1S/C11H9ClN2O2S/c12-9-6-11(8-13-7-9)17(15,16)14-10-4-2-1-3-5-10/h1-8,14H. The molecule has 0 aliphatic carbocycles. The molecule has 0 amide bonds. The molecule has 6 heteroatoms. The summed E-state index contributed by atoms with van der Waals surface area (Å²) >= 11 is 5.70. The maximum absolute atomic E-state index is 11.9. The second-order valence-corrected chi connectivity index (χ2v) is 5.43. The number of halogens is 1. The van der Waals surface area contributed by atoms with E-state index in [-0.39, 0.29) is 9.92 Å². The van der Waals surface area contributed by atoms with Crippen LogP contribution in [0.25, 0.3) is 0 Å². The molecule has 1 heterocycles. The van der Waals surface area contributed by atoms with Crippen LogP contribution in [-0.2, 0) is 10.0 Å². The molecule has 2 aromatic rings. The van der Waals surface area contributed by atoms with Crippen molar-refractivity contribution in [2.45, 2.75) is 4.90 Å². The number of nitrogens with one attached hydrogen (secondary N) is 1. The molecule has 1 aromatic carbocycles. The summed E-state index contributed by atoms with van der Waals surface area (Å²) in [6.07, 6.45) is 2.63. The van der Waals surface area contributed by atoms with Crippen LogP contribution in [0.15, 0.2) is 53.7 Å². The van der Waals surface area contributed by atoms with E-state index < -0.39 is 10.0 Å². The highest BCUT2D eigenvalue weighted by molar-refractivity contribution is 7.92. The minimum absolute atomic E-state index is 0.0360. The molecule has 1 aromatic heterocycles. The Kier molecular flexibility index (Phi) is 3.31. The van der Waals surface area contributed by atoms with Crippen molar-refractivity contribution in [2.24, 2.45) is 0 Å². The topological polar surface area (TPSA) is 59.1 Å². The molecule has 1 N–H and O–H groups in total. The minimum atomic E-state index is -3.63. The summed E-state index contributed by atoms with van der Waals surface area (Å²) in [5, 5.41) is 0.279. The van der Waals surface area contributed by atoms with Crippen molar-refractivity contribution >= 4 is 27.3 Å². The van der Waals surface area contributed by atoms with E-state index in [9.17, 15) is 8.42 Å². The SMILES string of the molecule is O=S(=O)(Nc1ccccc1)c1cncc(Cl)c1. The van der Waals surface area contributed by atoms with Gasteiger partial charge in [0.25, 0.3) is 10.0 Å². The third kappa shape index (κ3) is 2.95. The first kappa shape index (κ1) is 11.9. The first-order valence-electron chi connectivity index (χ1n) is 4.76. The summed E-state index contributed by atoms with van der Waals surface area (Å²) in [6, 6.07) is 9.96. The monoisotopic (exact) mass is 268 g/mol. The highest BCUT2D eigenvalue weighted by Gasteiger charge is 2.14. The first-order chi connectivity index (χ1) is 8.08. The zero-order valence-electron chi connectivity index (χ0n) is 8.67. The third-order valence-electron chi connectivity index (χ3n) is 2.02. The largest absolute Gasteiger partial charge is 0.280 e. The average Bonchev–Trinajstić information content (AvgIpc) is 2.30. The fourth-order valence-corrected chi connectivity index (χ4v) is 2.54. The van der Waals surface area contributed by atoms with Gasteiger partial charge in [0.1, 0.15) is 4.90 Å². The van der Waals surface area contributed by atoms with E-state index in [1.807, 2.05) is 0 Å². The predicted octanol–water partition coefficient (Wildman–Crippen LogP) is 2.54. The summed E-state index contributed by atoms with van der Waals surface area (Å²) in [7, 11) is -3.63. The molecule has 0 saturated heterocycles. The lowest BCUT2D eigenvalue weighted by Crippen LogP contribution is -2.13. The van der Waals surface area contributed by atoms with E-state index in [0.717, 1.165) is 0 Å². The number of hydrogen-bond acceptors (Lipinski definition) is 3. The molecule has 0 aliphatic rings. The van der Waals surface area contributed by atoms with Crippen LogP contribution in [0.4, 0.5) is 5.69 Å². The van der Waals surface area contributed by atoms with Gasteiger partial charge in [-0.2, -0.15) is 0 Å². The molecule has 4 nitrogen and oxygen atoms in total. The summed E-state index contributed by atoms with van der Waals surface area (Å²) < 4.78 is 26.3. The number of aromatic nitrogens is 1. The zero-order valence-corrected chi connectivity index (χ0v) is 10.2.